The molecule has 0 saturated heterocycles. The molecule has 10 heteroatoms. The highest BCUT2D eigenvalue weighted by Gasteiger charge is 2.16. The molecule has 9 nitrogen and oxygen atoms in total. The fourth-order valence-electron chi connectivity index (χ4n) is 3.14. The van der Waals surface area contributed by atoms with Gasteiger partial charge in [-0.2, -0.15) is 5.10 Å². The Balaban J connectivity index is 1.75. The van der Waals surface area contributed by atoms with Gasteiger partial charge in [0.1, 0.15) is 11.5 Å². The fourth-order valence-corrected chi connectivity index (χ4v) is 3.35. The first-order chi connectivity index (χ1) is 14.8. The number of benzene rings is 2. The summed E-state index contributed by atoms with van der Waals surface area (Å²) in [4.78, 5) is 10.5. The maximum Gasteiger partial charge on any atom is 0.273 e. The van der Waals surface area contributed by atoms with Crippen LogP contribution in [0, 0.1) is 24.0 Å². The topological polar surface area (TPSA) is 103 Å². The average molecular weight is 442 g/mol. The number of thiocarbonyl (C=S) groups is 1. The van der Waals surface area contributed by atoms with Gasteiger partial charge in [0.15, 0.2) is 5.11 Å². The summed E-state index contributed by atoms with van der Waals surface area (Å²) in [6.07, 6.45) is 0. The molecule has 3 rings (SSSR count). The van der Waals surface area contributed by atoms with Gasteiger partial charge in [0, 0.05) is 6.07 Å². The summed E-state index contributed by atoms with van der Waals surface area (Å²) in [6, 6.07) is 12.1. The molecule has 0 aliphatic rings. The molecule has 3 aromatic rings. The molecular weight excluding hydrogens is 418 g/mol. The number of nitro groups is 1. The van der Waals surface area contributed by atoms with Crippen LogP contribution in [0.3, 0.4) is 0 Å². The Morgan fingerprint density at radius 2 is 1.94 bits per heavy atom. The lowest BCUT2D eigenvalue weighted by molar-refractivity contribution is -0.384. The number of ether oxygens (including phenoxy) is 2. The molecule has 31 heavy (non-hydrogen) atoms. The Bertz CT molecular complexity index is 1130. The van der Waals surface area contributed by atoms with Gasteiger partial charge >= 0.3 is 0 Å². The van der Waals surface area contributed by atoms with Crippen molar-refractivity contribution in [2.45, 2.75) is 20.4 Å². The van der Waals surface area contributed by atoms with Gasteiger partial charge < -0.3 is 20.1 Å². The third kappa shape index (κ3) is 5.10. The van der Waals surface area contributed by atoms with Crippen molar-refractivity contribution >= 4 is 34.4 Å². The summed E-state index contributed by atoms with van der Waals surface area (Å²) in [5.74, 6) is 1.11. The third-order valence-electron chi connectivity index (χ3n) is 4.73. The lowest BCUT2D eigenvalue weighted by Crippen LogP contribution is -2.20. The highest BCUT2D eigenvalue weighted by molar-refractivity contribution is 7.80. The second-order valence-corrected chi connectivity index (χ2v) is 7.18. The minimum atomic E-state index is -0.480. The van der Waals surface area contributed by atoms with Crippen molar-refractivity contribution in [1.29, 1.82) is 0 Å². The van der Waals surface area contributed by atoms with E-state index in [1.165, 1.54) is 19.2 Å². The molecule has 0 spiro atoms. The van der Waals surface area contributed by atoms with E-state index in [9.17, 15) is 10.1 Å². The maximum atomic E-state index is 11.0. The third-order valence-corrected chi connectivity index (χ3v) is 4.93. The van der Waals surface area contributed by atoms with E-state index in [0.29, 0.717) is 23.1 Å². The molecular formula is C21H23N5O4S. The van der Waals surface area contributed by atoms with Crippen molar-refractivity contribution < 1.29 is 14.4 Å². The zero-order chi connectivity index (χ0) is 22.5. The minimum Gasteiger partial charge on any atom is -0.497 e. The Kier molecular flexibility index (Phi) is 6.71. The molecule has 0 aliphatic heterocycles. The first kappa shape index (κ1) is 22.0. The molecule has 2 aromatic carbocycles. The maximum absolute atomic E-state index is 11.0. The van der Waals surface area contributed by atoms with Crippen molar-refractivity contribution in [3.8, 4) is 11.5 Å². The largest absolute Gasteiger partial charge is 0.497 e. The average Bonchev–Trinajstić information content (AvgIpc) is 3.01. The summed E-state index contributed by atoms with van der Waals surface area (Å²) >= 11 is 5.44. The molecule has 2 N–H and O–H groups in total. The van der Waals surface area contributed by atoms with Crippen LogP contribution in [0.4, 0.5) is 17.1 Å². The summed E-state index contributed by atoms with van der Waals surface area (Å²) in [5, 5.41) is 22.1. The lowest BCUT2D eigenvalue weighted by atomic mass is 10.2. The molecule has 162 valence electrons. The summed E-state index contributed by atoms with van der Waals surface area (Å²) < 4.78 is 12.4. The number of nitrogens with one attached hydrogen (secondary N) is 2. The number of non-ortho nitro benzene ring substituents is 1. The van der Waals surface area contributed by atoms with E-state index in [0.717, 1.165) is 28.4 Å². The van der Waals surface area contributed by atoms with Gasteiger partial charge in [0.25, 0.3) is 5.69 Å². The molecule has 0 radical (unpaired) electrons. The molecule has 0 fully saturated rings. The van der Waals surface area contributed by atoms with E-state index in [1.54, 1.807) is 13.2 Å². The minimum absolute atomic E-state index is 0.0632. The van der Waals surface area contributed by atoms with Gasteiger partial charge in [-0.25, -0.2) is 0 Å². The molecule has 1 aromatic heterocycles. The van der Waals surface area contributed by atoms with Crippen LogP contribution in [0.15, 0.2) is 42.5 Å². The summed E-state index contributed by atoms with van der Waals surface area (Å²) in [5.41, 5.74) is 4.02. The van der Waals surface area contributed by atoms with Crippen LogP contribution in [-0.4, -0.2) is 34.0 Å². The Labute approximate surface area is 185 Å². The molecule has 0 saturated carbocycles. The van der Waals surface area contributed by atoms with Crippen LogP contribution in [0.2, 0.25) is 0 Å². The van der Waals surface area contributed by atoms with Crippen molar-refractivity contribution in [2.75, 3.05) is 24.9 Å². The van der Waals surface area contributed by atoms with Crippen molar-refractivity contribution in [2.24, 2.45) is 0 Å². The predicted octanol–water partition coefficient (Wildman–Crippen LogP) is 4.28. The standard InChI is InChI=1S/C21H23N5O4S/c1-13-20(14(2)25(24-13)12-15-6-5-7-17(10-15)29-3)23-21(31)22-18-9-8-16(26(27)28)11-19(18)30-4/h5-11H,12H2,1-4H3,(H2,22,23,31). The predicted molar refractivity (Wildman–Crippen MR) is 123 cm³/mol. The van der Waals surface area contributed by atoms with Crippen molar-refractivity contribution in [3.63, 3.8) is 0 Å². The highest BCUT2D eigenvalue weighted by atomic mass is 32.1. The van der Waals surface area contributed by atoms with E-state index in [1.807, 2.05) is 42.8 Å². The van der Waals surface area contributed by atoms with Crippen LogP contribution >= 0.6 is 12.2 Å². The van der Waals surface area contributed by atoms with E-state index in [4.69, 9.17) is 21.7 Å². The molecule has 0 unspecified atom stereocenters. The van der Waals surface area contributed by atoms with Crippen LogP contribution in [0.25, 0.3) is 0 Å². The number of aryl methyl sites for hydroxylation is 1. The number of hydrogen-bond donors (Lipinski definition) is 2. The number of hydrogen-bond acceptors (Lipinski definition) is 6. The second kappa shape index (κ2) is 9.43. The van der Waals surface area contributed by atoms with E-state index < -0.39 is 4.92 Å². The van der Waals surface area contributed by atoms with Crippen LogP contribution in [0.5, 0.6) is 11.5 Å². The van der Waals surface area contributed by atoms with Gasteiger partial charge in [0.2, 0.25) is 0 Å². The van der Waals surface area contributed by atoms with E-state index in [-0.39, 0.29) is 5.69 Å². The fraction of sp³-hybridized carbons (Fsp3) is 0.238. The van der Waals surface area contributed by atoms with E-state index >= 15 is 0 Å². The first-order valence-corrected chi connectivity index (χ1v) is 9.80. The molecule has 0 amide bonds. The SMILES string of the molecule is COc1cccc(Cn2nc(C)c(NC(=S)Nc3ccc([N+](=O)[O-])cc3OC)c2C)c1. The van der Waals surface area contributed by atoms with Crippen LogP contribution in [0.1, 0.15) is 17.0 Å². The monoisotopic (exact) mass is 441 g/mol. The number of methoxy groups -OCH3 is 2. The summed E-state index contributed by atoms with van der Waals surface area (Å²) in [7, 11) is 3.08. The molecule has 0 bridgehead atoms. The Morgan fingerprint density at radius 3 is 2.61 bits per heavy atom. The van der Waals surface area contributed by atoms with Crippen molar-refractivity contribution in [1.82, 2.24) is 9.78 Å². The van der Waals surface area contributed by atoms with Gasteiger partial charge in [-0.05, 0) is 49.8 Å². The van der Waals surface area contributed by atoms with Crippen LogP contribution < -0.4 is 20.1 Å². The molecule has 1 heterocycles. The number of rotatable bonds is 7. The van der Waals surface area contributed by atoms with Gasteiger partial charge in [-0.15, -0.1) is 0 Å². The number of nitro benzene ring substituents is 1. The van der Waals surface area contributed by atoms with Crippen LogP contribution in [-0.2, 0) is 6.54 Å². The number of aromatic nitrogens is 2. The lowest BCUT2D eigenvalue weighted by Gasteiger charge is -2.14. The summed E-state index contributed by atoms with van der Waals surface area (Å²) in [6.45, 7) is 4.44. The molecule has 0 atom stereocenters. The normalized spacial score (nSPS) is 10.5. The van der Waals surface area contributed by atoms with Crippen molar-refractivity contribution in [3.05, 3.63) is 69.5 Å². The Morgan fingerprint density at radius 1 is 1.16 bits per heavy atom. The number of anilines is 2. The van der Waals surface area contributed by atoms with Gasteiger partial charge in [-0.1, -0.05) is 12.1 Å². The smallest absolute Gasteiger partial charge is 0.273 e. The Hall–Kier alpha value is -3.66. The molecule has 0 aliphatic carbocycles. The second-order valence-electron chi connectivity index (χ2n) is 6.78. The van der Waals surface area contributed by atoms with Gasteiger partial charge in [0.05, 0.1) is 54.5 Å². The highest BCUT2D eigenvalue weighted by Crippen LogP contribution is 2.29. The zero-order valence-electron chi connectivity index (χ0n) is 17.6. The number of nitrogens with zero attached hydrogens (tertiary/aromatic N) is 3. The van der Waals surface area contributed by atoms with E-state index in [2.05, 4.69) is 15.7 Å². The first-order valence-electron chi connectivity index (χ1n) is 9.39. The quantitative estimate of drug-likeness (QED) is 0.318. The zero-order valence-corrected chi connectivity index (χ0v) is 18.4. The van der Waals surface area contributed by atoms with Gasteiger partial charge in [-0.3, -0.25) is 14.8 Å².